The second-order valence-corrected chi connectivity index (χ2v) is 6.14. The second-order valence-electron chi connectivity index (χ2n) is 6.14. The van der Waals surface area contributed by atoms with Crippen molar-refractivity contribution in [1.82, 2.24) is 5.32 Å². The minimum atomic E-state index is -4.34. The van der Waals surface area contributed by atoms with Gasteiger partial charge in [-0.05, 0) is 37.5 Å². The fourth-order valence-electron chi connectivity index (χ4n) is 2.86. The average molecular weight is 301 g/mol. The van der Waals surface area contributed by atoms with Crippen LogP contribution < -0.4 is 5.32 Å². The fraction of sp³-hybridized carbons (Fsp3) is 0.625. The van der Waals surface area contributed by atoms with Gasteiger partial charge in [-0.1, -0.05) is 31.4 Å². The Balaban J connectivity index is 1.92. The van der Waals surface area contributed by atoms with Crippen LogP contribution in [0.1, 0.15) is 56.3 Å². The van der Waals surface area contributed by atoms with Crippen molar-refractivity contribution in [2.45, 2.75) is 56.8 Å². The van der Waals surface area contributed by atoms with Crippen molar-refractivity contribution in [1.29, 1.82) is 0 Å². The van der Waals surface area contributed by atoms with Crippen molar-refractivity contribution in [2.75, 3.05) is 6.54 Å². The standard InChI is InChI=1S/C16H22F3NO/c1-15(9-3-2-4-10-15)20-11-14(21)12-5-7-13(8-6-12)16(17,18)19/h5-8,14,20-21H,2-4,9-11H2,1H3. The van der Waals surface area contributed by atoms with Crippen molar-refractivity contribution in [2.24, 2.45) is 0 Å². The molecular formula is C16H22F3NO. The van der Waals surface area contributed by atoms with Gasteiger partial charge in [0.25, 0.3) is 0 Å². The van der Waals surface area contributed by atoms with Gasteiger partial charge in [-0.2, -0.15) is 13.2 Å². The molecule has 2 N–H and O–H groups in total. The number of alkyl halides is 3. The minimum Gasteiger partial charge on any atom is -0.387 e. The molecule has 0 bridgehead atoms. The van der Waals surface area contributed by atoms with E-state index in [-0.39, 0.29) is 5.54 Å². The lowest BCUT2D eigenvalue weighted by Gasteiger charge is -2.35. The maximum atomic E-state index is 12.5. The van der Waals surface area contributed by atoms with E-state index in [0.29, 0.717) is 12.1 Å². The van der Waals surface area contributed by atoms with E-state index in [9.17, 15) is 18.3 Å². The minimum absolute atomic E-state index is 0.0329. The van der Waals surface area contributed by atoms with Crippen molar-refractivity contribution < 1.29 is 18.3 Å². The smallest absolute Gasteiger partial charge is 0.387 e. The number of nitrogens with one attached hydrogen (secondary N) is 1. The number of hydrogen-bond acceptors (Lipinski definition) is 2. The maximum absolute atomic E-state index is 12.5. The first kappa shape index (κ1) is 16.3. The SMILES string of the molecule is CC1(NCC(O)c2ccc(C(F)(F)F)cc2)CCCCC1. The number of aliphatic hydroxyl groups is 1. The van der Waals surface area contributed by atoms with Gasteiger partial charge in [0.05, 0.1) is 11.7 Å². The highest BCUT2D eigenvalue weighted by Crippen LogP contribution is 2.30. The highest BCUT2D eigenvalue weighted by molar-refractivity contribution is 5.26. The van der Waals surface area contributed by atoms with Gasteiger partial charge in [0.2, 0.25) is 0 Å². The average Bonchev–Trinajstić information content (AvgIpc) is 2.45. The third-order valence-electron chi connectivity index (χ3n) is 4.30. The second kappa shape index (κ2) is 6.36. The van der Waals surface area contributed by atoms with Crippen LogP contribution in [-0.2, 0) is 6.18 Å². The zero-order chi connectivity index (χ0) is 15.5. The number of benzene rings is 1. The van der Waals surface area contributed by atoms with Gasteiger partial charge >= 0.3 is 6.18 Å². The summed E-state index contributed by atoms with van der Waals surface area (Å²) in [6.45, 7) is 2.51. The number of halogens is 3. The van der Waals surface area contributed by atoms with Crippen LogP contribution >= 0.6 is 0 Å². The normalized spacial score (nSPS) is 20.2. The molecule has 1 unspecified atom stereocenters. The van der Waals surface area contributed by atoms with Gasteiger partial charge in [0.1, 0.15) is 0 Å². The summed E-state index contributed by atoms with van der Waals surface area (Å²) in [5, 5.41) is 13.5. The fourth-order valence-corrected chi connectivity index (χ4v) is 2.86. The lowest BCUT2D eigenvalue weighted by molar-refractivity contribution is -0.137. The zero-order valence-corrected chi connectivity index (χ0v) is 12.2. The molecule has 0 amide bonds. The van der Waals surface area contributed by atoms with E-state index in [1.807, 2.05) is 0 Å². The summed E-state index contributed by atoms with van der Waals surface area (Å²) in [4.78, 5) is 0. The Morgan fingerprint density at radius 1 is 1.14 bits per heavy atom. The molecule has 1 aliphatic carbocycles. The molecule has 118 valence electrons. The predicted molar refractivity (Wildman–Crippen MR) is 75.9 cm³/mol. The Morgan fingerprint density at radius 3 is 2.24 bits per heavy atom. The van der Waals surface area contributed by atoms with Crippen molar-refractivity contribution in [3.63, 3.8) is 0 Å². The molecule has 2 rings (SSSR count). The van der Waals surface area contributed by atoms with Crippen LogP contribution in [0.2, 0.25) is 0 Å². The maximum Gasteiger partial charge on any atom is 0.416 e. The first-order valence-corrected chi connectivity index (χ1v) is 7.40. The first-order chi connectivity index (χ1) is 9.80. The summed E-state index contributed by atoms with van der Waals surface area (Å²) in [6.07, 6.45) is 0.640. The number of hydrogen-bond donors (Lipinski definition) is 2. The van der Waals surface area contributed by atoms with E-state index in [1.165, 1.54) is 31.4 Å². The predicted octanol–water partition coefficient (Wildman–Crippen LogP) is 4.05. The van der Waals surface area contributed by atoms with E-state index in [1.54, 1.807) is 0 Å². The molecule has 2 nitrogen and oxygen atoms in total. The third-order valence-corrected chi connectivity index (χ3v) is 4.30. The van der Waals surface area contributed by atoms with Gasteiger partial charge < -0.3 is 10.4 Å². The third kappa shape index (κ3) is 4.45. The molecule has 1 fully saturated rings. The van der Waals surface area contributed by atoms with Crippen LogP contribution in [-0.4, -0.2) is 17.2 Å². The Kier molecular flexibility index (Phi) is 4.94. The van der Waals surface area contributed by atoms with Gasteiger partial charge in [0, 0.05) is 12.1 Å². The van der Waals surface area contributed by atoms with E-state index in [4.69, 9.17) is 0 Å². The molecule has 1 atom stereocenters. The molecule has 0 radical (unpaired) electrons. The summed E-state index contributed by atoms with van der Waals surface area (Å²) in [5.41, 5.74) is -0.147. The molecule has 0 aliphatic heterocycles. The topological polar surface area (TPSA) is 32.3 Å². The molecule has 1 aromatic rings. The van der Waals surface area contributed by atoms with E-state index >= 15 is 0 Å². The summed E-state index contributed by atoms with van der Waals surface area (Å²) in [7, 11) is 0. The van der Waals surface area contributed by atoms with Crippen LogP contribution in [0.4, 0.5) is 13.2 Å². The summed E-state index contributed by atoms with van der Waals surface area (Å²) < 4.78 is 37.5. The molecule has 0 heterocycles. The number of β-amino-alcohol motifs (C(OH)–C–C–N with tert-alkyl or cyclic N) is 1. The Morgan fingerprint density at radius 2 is 1.71 bits per heavy atom. The van der Waals surface area contributed by atoms with Crippen molar-refractivity contribution in [3.05, 3.63) is 35.4 Å². The van der Waals surface area contributed by atoms with Crippen LogP contribution in [0.15, 0.2) is 24.3 Å². The van der Waals surface area contributed by atoms with Gasteiger partial charge in [-0.25, -0.2) is 0 Å². The van der Waals surface area contributed by atoms with Crippen LogP contribution in [0.5, 0.6) is 0 Å². The summed E-state index contributed by atoms with van der Waals surface area (Å²) in [5.74, 6) is 0. The number of rotatable bonds is 4. The largest absolute Gasteiger partial charge is 0.416 e. The first-order valence-electron chi connectivity index (χ1n) is 7.40. The summed E-state index contributed by atoms with van der Waals surface area (Å²) >= 11 is 0. The van der Waals surface area contributed by atoms with Crippen LogP contribution in [0.25, 0.3) is 0 Å². The zero-order valence-electron chi connectivity index (χ0n) is 12.2. The van der Waals surface area contributed by atoms with Crippen molar-refractivity contribution in [3.8, 4) is 0 Å². The Labute approximate surface area is 123 Å². The quantitative estimate of drug-likeness (QED) is 0.879. The lowest BCUT2D eigenvalue weighted by Crippen LogP contribution is -2.45. The number of aliphatic hydroxyl groups excluding tert-OH is 1. The van der Waals surface area contributed by atoms with E-state index < -0.39 is 17.8 Å². The van der Waals surface area contributed by atoms with Gasteiger partial charge in [0.15, 0.2) is 0 Å². The molecule has 5 heteroatoms. The van der Waals surface area contributed by atoms with Gasteiger partial charge in [-0.3, -0.25) is 0 Å². The molecule has 1 aromatic carbocycles. The molecule has 0 spiro atoms. The van der Waals surface area contributed by atoms with Crippen LogP contribution in [0, 0.1) is 0 Å². The van der Waals surface area contributed by atoms with E-state index in [2.05, 4.69) is 12.2 Å². The lowest BCUT2D eigenvalue weighted by atomic mass is 9.83. The highest BCUT2D eigenvalue weighted by atomic mass is 19.4. The van der Waals surface area contributed by atoms with Crippen molar-refractivity contribution >= 4 is 0 Å². The summed E-state index contributed by atoms with van der Waals surface area (Å²) in [6, 6.07) is 4.72. The highest BCUT2D eigenvalue weighted by Gasteiger charge is 2.30. The molecule has 0 aromatic heterocycles. The monoisotopic (exact) mass is 301 g/mol. The van der Waals surface area contributed by atoms with Crippen LogP contribution in [0.3, 0.4) is 0 Å². The van der Waals surface area contributed by atoms with E-state index in [0.717, 1.165) is 25.0 Å². The molecule has 21 heavy (non-hydrogen) atoms. The molecular weight excluding hydrogens is 279 g/mol. The Hall–Kier alpha value is -1.07. The molecule has 1 aliphatic rings. The van der Waals surface area contributed by atoms with Gasteiger partial charge in [-0.15, -0.1) is 0 Å². The Bertz CT molecular complexity index is 450. The molecule has 0 saturated heterocycles. The molecule has 1 saturated carbocycles.